The van der Waals surface area contributed by atoms with Crippen LogP contribution < -0.4 is 16.0 Å². The van der Waals surface area contributed by atoms with Crippen LogP contribution in [0.15, 0.2) is 59.6 Å². The SMILES string of the molecule is CN=C(NCc1cccc(C(F)(F)F)c1)NCC1(NC(C)c2ccccc2)CCOCC1.I. The maximum atomic E-state index is 13.0. The van der Waals surface area contributed by atoms with Crippen LogP contribution in [0.3, 0.4) is 0 Å². The minimum Gasteiger partial charge on any atom is -0.381 e. The lowest BCUT2D eigenvalue weighted by atomic mass is 9.88. The Hall–Kier alpha value is -1.85. The molecule has 1 unspecified atom stereocenters. The molecule has 9 heteroatoms. The van der Waals surface area contributed by atoms with Crippen molar-refractivity contribution in [2.75, 3.05) is 26.8 Å². The fourth-order valence-electron chi connectivity index (χ4n) is 3.94. The molecule has 0 bridgehead atoms. The highest BCUT2D eigenvalue weighted by Gasteiger charge is 2.34. The first-order valence-electron chi connectivity index (χ1n) is 10.8. The second kappa shape index (κ2) is 12.6. The van der Waals surface area contributed by atoms with Crippen LogP contribution in [0.2, 0.25) is 0 Å². The van der Waals surface area contributed by atoms with Crippen LogP contribution in [0, 0.1) is 0 Å². The third kappa shape index (κ3) is 8.15. The largest absolute Gasteiger partial charge is 0.416 e. The van der Waals surface area contributed by atoms with E-state index in [2.05, 4.69) is 40.0 Å². The summed E-state index contributed by atoms with van der Waals surface area (Å²) in [5.41, 5.74) is 0.922. The summed E-state index contributed by atoms with van der Waals surface area (Å²) < 4.78 is 44.4. The standard InChI is InChI=1S/C24H31F3N4O.HI/c1-18(20-8-4-3-5-9-20)31-23(11-13-32-14-12-23)17-30-22(28-2)29-16-19-7-6-10-21(15-19)24(25,26)27;/h3-10,15,18,31H,11-14,16-17H2,1-2H3,(H2,28,29,30);1H. The minimum absolute atomic E-state index is 0. The van der Waals surface area contributed by atoms with Gasteiger partial charge in [-0.1, -0.05) is 42.5 Å². The number of halogens is 4. The van der Waals surface area contributed by atoms with E-state index in [1.165, 1.54) is 11.6 Å². The average Bonchev–Trinajstić information content (AvgIpc) is 2.80. The first kappa shape index (κ1) is 27.4. The van der Waals surface area contributed by atoms with Crippen molar-refractivity contribution in [1.82, 2.24) is 16.0 Å². The lowest BCUT2D eigenvalue weighted by molar-refractivity contribution is -0.137. The van der Waals surface area contributed by atoms with Crippen molar-refractivity contribution in [3.8, 4) is 0 Å². The molecular weight excluding hydrogens is 544 g/mol. The maximum Gasteiger partial charge on any atom is 0.416 e. The Morgan fingerprint density at radius 2 is 1.76 bits per heavy atom. The summed E-state index contributed by atoms with van der Waals surface area (Å²) in [6, 6.07) is 15.7. The predicted molar refractivity (Wildman–Crippen MR) is 136 cm³/mol. The minimum atomic E-state index is -4.35. The number of rotatable bonds is 7. The summed E-state index contributed by atoms with van der Waals surface area (Å²) in [7, 11) is 1.65. The Labute approximate surface area is 210 Å². The highest BCUT2D eigenvalue weighted by atomic mass is 127. The molecule has 0 spiro atoms. The highest BCUT2D eigenvalue weighted by Crippen LogP contribution is 2.29. The first-order valence-corrected chi connectivity index (χ1v) is 10.8. The van der Waals surface area contributed by atoms with Gasteiger partial charge in [0.05, 0.1) is 5.56 Å². The molecule has 1 heterocycles. The molecule has 0 amide bonds. The molecule has 2 aromatic rings. The molecule has 2 aromatic carbocycles. The molecule has 0 saturated carbocycles. The number of ether oxygens (including phenoxy) is 1. The van der Waals surface area contributed by atoms with Crippen molar-refractivity contribution < 1.29 is 17.9 Å². The topological polar surface area (TPSA) is 57.7 Å². The van der Waals surface area contributed by atoms with E-state index >= 15 is 0 Å². The molecule has 182 valence electrons. The van der Waals surface area contributed by atoms with Crippen LogP contribution in [0.5, 0.6) is 0 Å². The summed E-state index contributed by atoms with van der Waals surface area (Å²) in [5.74, 6) is 0.544. The number of benzene rings is 2. The molecule has 1 atom stereocenters. The van der Waals surface area contributed by atoms with Crippen molar-refractivity contribution in [3.63, 3.8) is 0 Å². The van der Waals surface area contributed by atoms with E-state index < -0.39 is 11.7 Å². The number of nitrogens with zero attached hydrogens (tertiary/aromatic N) is 1. The molecule has 3 rings (SSSR count). The van der Waals surface area contributed by atoms with Crippen LogP contribution in [0.4, 0.5) is 13.2 Å². The van der Waals surface area contributed by atoms with Gasteiger partial charge in [-0.25, -0.2) is 0 Å². The van der Waals surface area contributed by atoms with Gasteiger partial charge in [0.1, 0.15) is 0 Å². The van der Waals surface area contributed by atoms with Crippen molar-refractivity contribution in [1.29, 1.82) is 0 Å². The maximum absolute atomic E-state index is 13.0. The Bertz CT molecular complexity index is 887. The molecule has 33 heavy (non-hydrogen) atoms. The number of aliphatic imine (C=N–C) groups is 1. The molecule has 1 aliphatic rings. The number of hydrogen-bond acceptors (Lipinski definition) is 3. The Kier molecular flexibility index (Phi) is 10.4. The first-order chi connectivity index (χ1) is 15.3. The van der Waals surface area contributed by atoms with Crippen molar-refractivity contribution >= 4 is 29.9 Å². The summed E-state index contributed by atoms with van der Waals surface area (Å²) in [5, 5.41) is 10.2. The zero-order chi connectivity index (χ0) is 23.0. The molecule has 1 saturated heterocycles. The zero-order valence-electron chi connectivity index (χ0n) is 18.9. The van der Waals surface area contributed by atoms with E-state index in [1.807, 2.05) is 18.2 Å². The van der Waals surface area contributed by atoms with E-state index in [0.29, 0.717) is 31.3 Å². The number of nitrogens with one attached hydrogen (secondary N) is 3. The second-order valence-corrected chi connectivity index (χ2v) is 8.15. The quantitative estimate of drug-likeness (QED) is 0.250. The van der Waals surface area contributed by atoms with E-state index in [9.17, 15) is 13.2 Å². The molecule has 0 radical (unpaired) electrons. The summed E-state index contributed by atoms with van der Waals surface area (Å²) in [6.45, 7) is 4.36. The van der Waals surface area contributed by atoms with Gasteiger partial charge in [0.25, 0.3) is 0 Å². The van der Waals surface area contributed by atoms with Gasteiger partial charge in [-0.15, -0.1) is 24.0 Å². The van der Waals surface area contributed by atoms with E-state index in [4.69, 9.17) is 4.74 Å². The van der Waals surface area contributed by atoms with Gasteiger partial charge in [-0.2, -0.15) is 13.2 Å². The van der Waals surface area contributed by atoms with Gasteiger partial charge in [-0.3, -0.25) is 4.99 Å². The van der Waals surface area contributed by atoms with Crippen molar-refractivity contribution in [2.24, 2.45) is 4.99 Å². The van der Waals surface area contributed by atoms with Crippen LogP contribution in [0.1, 0.15) is 42.5 Å². The number of alkyl halides is 3. The Morgan fingerprint density at radius 1 is 1.06 bits per heavy atom. The molecule has 5 nitrogen and oxygen atoms in total. The van der Waals surface area contributed by atoms with E-state index in [0.717, 1.165) is 25.0 Å². The predicted octanol–water partition coefficient (Wildman–Crippen LogP) is 4.89. The van der Waals surface area contributed by atoms with Crippen molar-refractivity contribution in [2.45, 2.75) is 44.1 Å². The van der Waals surface area contributed by atoms with Crippen LogP contribution in [-0.2, 0) is 17.5 Å². The van der Waals surface area contributed by atoms with Gasteiger partial charge in [-0.05, 0) is 43.0 Å². The van der Waals surface area contributed by atoms with E-state index in [1.54, 1.807) is 13.1 Å². The third-order valence-corrected chi connectivity index (χ3v) is 5.80. The van der Waals surface area contributed by atoms with Gasteiger partial charge in [0.15, 0.2) is 5.96 Å². The Morgan fingerprint density at radius 3 is 2.39 bits per heavy atom. The Balaban J connectivity index is 0.00000385. The lowest BCUT2D eigenvalue weighted by Gasteiger charge is -2.41. The summed E-state index contributed by atoms with van der Waals surface area (Å²) in [4.78, 5) is 4.24. The summed E-state index contributed by atoms with van der Waals surface area (Å²) in [6.07, 6.45) is -2.66. The molecule has 3 N–H and O–H groups in total. The smallest absolute Gasteiger partial charge is 0.381 e. The molecule has 0 aromatic heterocycles. The van der Waals surface area contributed by atoms with Gasteiger partial charge >= 0.3 is 6.18 Å². The lowest BCUT2D eigenvalue weighted by Crippen LogP contribution is -2.58. The zero-order valence-corrected chi connectivity index (χ0v) is 21.2. The van der Waals surface area contributed by atoms with Crippen molar-refractivity contribution in [3.05, 3.63) is 71.3 Å². The normalized spacial score (nSPS) is 17.1. The van der Waals surface area contributed by atoms with Crippen LogP contribution in [0.25, 0.3) is 0 Å². The van der Waals surface area contributed by atoms with Crippen LogP contribution >= 0.6 is 24.0 Å². The number of hydrogen-bond donors (Lipinski definition) is 3. The fourth-order valence-corrected chi connectivity index (χ4v) is 3.94. The average molecular weight is 576 g/mol. The highest BCUT2D eigenvalue weighted by molar-refractivity contribution is 14.0. The second-order valence-electron chi connectivity index (χ2n) is 8.15. The van der Waals surface area contributed by atoms with Gasteiger partial charge in [0.2, 0.25) is 0 Å². The van der Waals surface area contributed by atoms with Crippen LogP contribution in [-0.4, -0.2) is 38.3 Å². The molecule has 1 fully saturated rings. The van der Waals surface area contributed by atoms with E-state index in [-0.39, 0.29) is 42.1 Å². The van der Waals surface area contributed by atoms with Gasteiger partial charge < -0.3 is 20.7 Å². The summed E-state index contributed by atoms with van der Waals surface area (Å²) >= 11 is 0. The molecule has 1 aliphatic heterocycles. The van der Waals surface area contributed by atoms with Gasteiger partial charge in [0, 0.05) is 44.9 Å². The number of guanidine groups is 1. The third-order valence-electron chi connectivity index (χ3n) is 5.80. The molecular formula is C24H32F3IN4O. The monoisotopic (exact) mass is 576 g/mol. The molecule has 0 aliphatic carbocycles. The fraction of sp³-hybridized carbons (Fsp3) is 0.458.